The summed E-state index contributed by atoms with van der Waals surface area (Å²) in [5, 5.41) is 3.84. The van der Waals surface area contributed by atoms with Crippen LogP contribution in [0.1, 0.15) is 18.3 Å². The predicted octanol–water partition coefficient (Wildman–Crippen LogP) is 3.53. The maximum atomic E-state index is 13.5. The summed E-state index contributed by atoms with van der Waals surface area (Å²) in [6.45, 7) is 2.43. The van der Waals surface area contributed by atoms with Crippen LogP contribution in [0.15, 0.2) is 18.6 Å². The number of anilines is 1. The normalized spacial score (nSPS) is 10.6. The van der Waals surface area contributed by atoms with Crippen molar-refractivity contribution in [2.45, 2.75) is 19.8 Å². The van der Waals surface area contributed by atoms with Gasteiger partial charge in [0.25, 0.3) is 0 Å². The second-order valence-corrected chi connectivity index (χ2v) is 4.91. The molecule has 2 rings (SSSR count). The summed E-state index contributed by atoms with van der Waals surface area (Å²) in [5.74, 6) is 0.134. The first-order chi connectivity index (χ1) is 9.61. The highest BCUT2D eigenvalue weighted by atomic mass is 35.5. The lowest BCUT2D eigenvalue weighted by atomic mass is 10.2. The maximum absolute atomic E-state index is 13.5. The van der Waals surface area contributed by atoms with Gasteiger partial charge in [-0.2, -0.15) is 0 Å². The summed E-state index contributed by atoms with van der Waals surface area (Å²) in [7, 11) is 0. The zero-order valence-electron chi connectivity index (χ0n) is 10.8. The van der Waals surface area contributed by atoms with Gasteiger partial charge in [0.1, 0.15) is 23.0 Å². The summed E-state index contributed by atoms with van der Waals surface area (Å²) in [5.41, 5.74) is 1.13. The van der Waals surface area contributed by atoms with Crippen LogP contribution in [0.25, 0.3) is 0 Å². The molecule has 0 saturated carbocycles. The molecule has 0 aliphatic carbocycles. The van der Waals surface area contributed by atoms with Gasteiger partial charge in [0.2, 0.25) is 0 Å². The summed E-state index contributed by atoms with van der Waals surface area (Å²) in [4.78, 5) is 12.1. The van der Waals surface area contributed by atoms with Gasteiger partial charge in [-0.15, -0.1) is 0 Å². The average Bonchev–Trinajstić information content (AvgIpc) is 2.43. The van der Waals surface area contributed by atoms with Crippen molar-refractivity contribution in [1.82, 2.24) is 15.0 Å². The van der Waals surface area contributed by atoms with E-state index in [1.165, 1.54) is 18.6 Å². The van der Waals surface area contributed by atoms with Gasteiger partial charge in [-0.05, 0) is 12.5 Å². The third-order valence-corrected chi connectivity index (χ3v) is 3.34. The van der Waals surface area contributed by atoms with Crippen molar-refractivity contribution < 1.29 is 4.39 Å². The molecule has 0 aliphatic heterocycles. The second kappa shape index (κ2) is 6.81. The van der Waals surface area contributed by atoms with Crippen LogP contribution in [0.5, 0.6) is 0 Å². The van der Waals surface area contributed by atoms with Crippen molar-refractivity contribution in [3.8, 4) is 0 Å². The number of aryl methyl sites for hydroxylation is 1. The third kappa shape index (κ3) is 3.55. The number of aromatic nitrogens is 3. The Labute approximate surface area is 126 Å². The molecule has 4 nitrogen and oxygen atoms in total. The van der Waals surface area contributed by atoms with Crippen molar-refractivity contribution in [2.75, 3.05) is 11.9 Å². The number of nitrogens with zero attached hydrogens (tertiary/aromatic N) is 3. The zero-order valence-corrected chi connectivity index (χ0v) is 12.3. The molecule has 1 N–H and O–H groups in total. The summed E-state index contributed by atoms with van der Waals surface area (Å²) in [6, 6.07) is 1.25. The van der Waals surface area contributed by atoms with Crippen LogP contribution in [-0.2, 0) is 12.8 Å². The molecule has 20 heavy (non-hydrogen) atoms. The molecular formula is C13H13Cl2FN4. The quantitative estimate of drug-likeness (QED) is 0.917. The molecule has 2 aromatic rings. The molecular weight excluding hydrogens is 302 g/mol. The molecule has 2 heterocycles. The molecule has 7 heteroatoms. The van der Waals surface area contributed by atoms with Crippen LogP contribution in [0.4, 0.5) is 10.2 Å². The van der Waals surface area contributed by atoms with Crippen LogP contribution in [-0.4, -0.2) is 21.5 Å². The van der Waals surface area contributed by atoms with Crippen LogP contribution in [0.3, 0.4) is 0 Å². The highest BCUT2D eigenvalue weighted by Gasteiger charge is 2.08. The lowest BCUT2D eigenvalue weighted by Gasteiger charge is -2.09. The Kier molecular flexibility index (Phi) is 5.09. The smallest absolute Gasteiger partial charge is 0.148 e. The van der Waals surface area contributed by atoms with Crippen molar-refractivity contribution in [1.29, 1.82) is 0 Å². The minimum absolute atomic E-state index is 0.283. The lowest BCUT2D eigenvalue weighted by Crippen LogP contribution is -2.10. The largest absolute Gasteiger partial charge is 0.368 e. The van der Waals surface area contributed by atoms with Crippen molar-refractivity contribution in [2.24, 2.45) is 0 Å². The first-order valence-corrected chi connectivity index (χ1v) is 6.90. The van der Waals surface area contributed by atoms with Crippen LogP contribution < -0.4 is 5.32 Å². The Morgan fingerprint density at radius 3 is 2.70 bits per heavy atom. The minimum atomic E-state index is -0.415. The number of nitrogens with one attached hydrogen (secondary N) is 1. The molecule has 0 atom stereocenters. The van der Waals surface area contributed by atoms with Gasteiger partial charge in [0, 0.05) is 19.2 Å². The van der Waals surface area contributed by atoms with E-state index in [0.717, 1.165) is 12.1 Å². The number of halogens is 3. The van der Waals surface area contributed by atoms with Crippen molar-refractivity contribution >= 4 is 29.0 Å². The van der Waals surface area contributed by atoms with Gasteiger partial charge < -0.3 is 5.32 Å². The van der Waals surface area contributed by atoms with Gasteiger partial charge in [0.15, 0.2) is 0 Å². The lowest BCUT2D eigenvalue weighted by molar-refractivity contribution is 0.600. The number of hydrogen-bond acceptors (Lipinski definition) is 4. The fourth-order valence-electron chi connectivity index (χ4n) is 1.70. The highest BCUT2D eigenvalue weighted by molar-refractivity contribution is 6.33. The fraction of sp³-hybridized carbons (Fsp3) is 0.308. The van der Waals surface area contributed by atoms with Gasteiger partial charge in [-0.3, -0.25) is 4.98 Å². The number of hydrogen-bond donors (Lipinski definition) is 1. The molecule has 0 aromatic carbocycles. The van der Waals surface area contributed by atoms with E-state index in [1.807, 2.05) is 6.92 Å². The Balaban J connectivity index is 1.99. The molecule has 2 aromatic heterocycles. The molecule has 0 unspecified atom stereocenters. The van der Waals surface area contributed by atoms with Gasteiger partial charge in [-0.1, -0.05) is 30.1 Å². The molecule has 0 amide bonds. The maximum Gasteiger partial charge on any atom is 0.148 e. The Hall–Kier alpha value is -1.46. The summed E-state index contributed by atoms with van der Waals surface area (Å²) < 4.78 is 13.5. The topological polar surface area (TPSA) is 50.7 Å². The predicted molar refractivity (Wildman–Crippen MR) is 77.8 cm³/mol. The van der Waals surface area contributed by atoms with E-state index in [2.05, 4.69) is 20.3 Å². The Morgan fingerprint density at radius 2 is 2.00 bits per heavy atom. The zero-order chi connectivity index (χ0) is 14.5. The molecule has 0 fully saturated rings. The molecule has 0 saturated heterocycles. The summed E-state index contributed by atoms with van der Waals surface area (Å²) >= 11 is 11.8. The second-order valence-electron chi connectivity index (χ2n) is 4.10. The standard InChI is InChI=1S/C13H13Cl2FN4/c1-2-10-12(15)13(20-7-19-10)17-4-3-11-9(16)5-8(14)6-18-11/h5-7H,2-4H2,1H3,(H,17,19,20). The molecule has 0 spiro atoms. The van der Waals surface area contributed by atoms with Crippen LogP contribution >= 0.6 is 23.2 Å². The van der Waals surface area contributed by atoms with Crippen molar-refractivity contribution in [3.63, 3.8) is 0 Å². The van der Waals surface area contributed by atoms with E-state index in [9.17, 15) is 4.39 Å². The van der Waals surface area contributed by atoms with Crippen LogP contribution in [0, 0.1) is 5.82 Å². The van der Waals surface area contributed by atoms with Crippen LogP contribution in [0.2, 0.25) is 10.0 Å². The van der Waals surface area contributed by atoms with E-state index in [0.29, 0.717) is 29.5 Å². The molecule has 0 radical (unpaired) electrons. The van der Waals surface area contributed by atoms with E-state index in [-0.39, 0.29) is 5.02 Å². The molecule has 0 bridgehead atoms. The average molecular weight is 315 g/mol. The van der Waals surface area contributed by atoms with E-state index in [1.54, 1.807) is 0 Å². The monoisotopic (exact) mass is 314 g/mol. The molecule has 0 aliphatic rings. The minimum Gasteiger partial charge on any atom is -0.368 e. The summed E-state index contributed by atoms with van der Waals surface area (Å²) in [6.07, 6.45) is 4.01. The van der Waals surface area contributed by atoms with Gasteiger partial charge in [0.05, 0.1) is 16.4 Å². The van der Waals surface area contributed by atoms with E-state index in [4.69, 9.17) is 23.2 Å². The number of rotatable bonds is 5. The fourth-order valence-corrected chi connectivity index (χ4v) is 2.14. The van der Waals surface area contributed by atoms with Gasteiger partial charge >= 0.3 is 0 Å². The molecule has 106 valence electrons. The first kappa shape index (κ1) is 14.9. The van der Waals surface area contributed by atoms with E-state index < -0.39 is 5.82 Å². The SMILES string of the molecule is CCc1ncnc(NCCc2ncc(Cl)cc2F)c1Cl. The number of pyridine rings is 1. The highest BCUT2D eigenvalue weighted by Crippen LogP contribution is 2.22. The first-order valence-electron chi connectivity index (χ1n) is 6.15. The van der Waals surface area contributed by atoms with Gasteiger partial charge in [-0.25, -0.2) is 14.4 Å². The van der Waals surface area contributed by atoms with E-state index >= 15 is 0 Å². The Morgan fingerprint density at radius 1 is 1.20 bits per heavy atom. The Bertz CT molecular complexity index is 607. The van der Waals surface area contributed by atoms with Crippen molar-refractivity contribution in [3.05, 3.63) is 45.8 Å². The third-order valence-electron chi connectivity index (χ3n) is 2.73.